The number of halogens is 2. The maximum absolute atomic E-state index is 5.55. The van der Waals surface area contributed by atoms with Crippen LogP contribution in [0.4, 0.5) is 0 Å². The molecule has 3 fully saturated rings. The van der Waals surface area contributed by atoms with Crippen LogP contribution >= 0.6 is 24.8 Å². The van der Waals surface area contributed by atoms with E-state index in [4.69, 9.17) is 4.74 Å². The Kier molecular flexibility index (Phi) is 7.82. The van der Waals surface area contributed by atoms with Gasteiger partial charge in [-0.3, -0.25) is 0 Å². The van der Waals surface area contributed by atoms with Gasteiger partial charge in [-0.25, -0.2) is 0 Å². The molecule has 2 bridgehead atoms. The molecule has 1 N–H and O–H groups in total. The average Bonchev–Trinajstić information content (AvgIpc) is 2.47. The summed E-state index contributed by atoms with van der Waals surface area (Å²) < 4.78 is 5.55. The monoisotopic (exact) mass is 332 g/mol. The third kappa shape index (κ3) is 4.75. The Labute approximate surface area is 140 Å². The summed E-state index contributed by atoms with van der Waals surface area (Å²) in [6, 6.07) is 9.12. The predicted octanol–water partition coefficient (Wildman–Crippen LogP) is 3.11. The fourth-order valence-corrected chi connectivity index (χ4v) is 3.36. The molecule has 0 spiro atoms. The van der Waals surface area contributed by atoms with Crippen molar-refractivity contribution >= 4 is 24.8 Å². The van der Waals surface area contributed by atoms with Crippen LogP contribution in [0.1, 0.15) is 25.3 Å². The lowest BCUT2D eigenvalue weighted by Gasteiger charge is -2.45. The lowest BCUT2D eigenvalue weighted by atomic mass is 9.84. The zero-order valence-corrected chi connectivity index (χ0v) is 14.2. The van der Waals surface area contributed by atoms with Crippen molar-refractivity contribution < 1.29 is 4.74 Å². The molecule has 0 aliphatic carbocycles. The van der Waals surface area contributed by atoms with Crippen molar-refractivity contribution in [2.45, 2.75) is 32.4 Å². The highest BCUT2D eigenvalue weighted by Crippen LogP contribution is 2.27. The van der Waals surface area contributed by atoms with Crippen molar-refractivity contribution in [1.29, 1.82) is 0 Å². The van der Waals surface area contributed by atoms with E-state index in [2.05, 4.69) is 28.4 Å². The van der Waals surface area contributed by atoms with Crippen molar-refractivity contribution in [3.8, 4) is 5.75 Å². The Morgan fingerprint density at radius 1 is 1.24 bits per heavy atom. The van der Waals surface area contributed by atoms with E-state index in [1.165, 1.54) is 38.0 Å². The Morgan fingerprint density at radius 3 is 2.62 bits per heavy atom. The lowest BCUT2D eigenvalue weighted by Crippen LogP contribution is -2.55. The van der Waals surface area contributed by atoms with Crippen LogP contribution in [-0.2, 0) is 6.54 Å². The topological polar surface area (TPSA) is 24.5 Å². The molecule has 0 amide bonds. The molecular formula is C16H26Cl2N2O. The zero-order chi connectivity index (χ0) is 13.1. The Hall–Kier alpha value is -0.480. The molecule has 1 aromatic rings. The zero-order valence-electron chi connectivity index (χ0n) is 12.6. The Balaban J connectivity index is 0.00000110. The quantitative estimate of drug-likeness (QED) is 0.896. The maximum Gasteiger partial charge on any atom is 0.119 e. The van der Waals surface area contributed by atoms with E-state index in [1.54, 1.807) is 0 Å². The van der Waals surface area contributed by atoms with Gasteiger partial charge in [0.1, 0.15) is 5.75 Å². The normalized spacial score (nSPS) is 26.6. The first-order valence-corrected chi connectivity index (χ1v) is 7.52. The third-order valence-corrected chi connectivity index (χ3v) is 4.43. The van der Waals surface area contributed by atoms with Gasteiger partial charge in [-0.15, -0.1) is 24.8 Å². The molecule has 1 atom stereocenters. The second-order valence-electron chi connectivity index (χ2n) is 5.71. The fourth-order valence-electron chi connectivity index (χ4n) is 3.36. The van der Waals surface area contributed by atoms with Gasteiger partial charge in [0.25, 0.3) is 0 Å². The standard InChI is InChI=1S/C16H24N2O.2ClH/c1-2-19-15-5-3-4-13(10-15)11-17-16-12-18-8-6-14(16)7-9-18;;/h3-5,10,14,16-17H,2,6-9,11-12H2,1H3;2*1H. The minimum absolute atomic E-state index is 0. The van der Waals surface area contributed by atoms with Crippen LogP contribution in [0.2, 0.25) is 0 Å². The van der Waals surface area contributed by atoms with Crippen LogP contribution in [0.5, 0.6) is 5.75 Å². The molecule has 3 saturated heterocycles. The minimum atomic E-state index is 0. The predicted molar refractivity (Wildman–Crippen MR) is 91.9 cm³/mol. The van der Waals surface area contributed by atoms with Crippen LogP contribution in [0, 0.1) is 5.92 Å². The van der Waals surface area contributed by atoms with Crippen LogP contribution < -0.4 is 10.1 Å². The van der Waals surface area contributed by atoms with Crippen LogP contribution in [0.3, 0.4) is 0 Å². The smallest absolute Gasteiger partial charge is 0.119 e. The summed E-state index contributed by atoms with van der Waals surface area (Å²) in [7, 11) is 0. The van der Waals surface area contributed by atoms with E-state index < -0.39 is 0 Å². The summed E-state index contributed by atoms with van der Waals surface area (Å²) >= 11 is 0. The molecule has 1 unspecified atom stereocenters. The first kappa shape index (κ1) is 18.6. The van der Waals surface area contributed by atoms with E-state index in [-0.39, 0.29) is 24.8 Å². The van der Waals surface area contributed by atoms with E-state index >= 15 is 0 Å². The minimum Gasteiger partial charge on any atom is -0.494 e. The van der Waals surface area contributed by atoms with Crippen LogP contribution in [0.15, 0.2) is 24.3 Å². The fraction of sp³-hybridized carbons (Fsp3) is 0.625. The molecule has 0 saturated carbocycles. The maximum atomic E-state index is 5.55. The summed E-state index contributed by atoms with van der Waals surface area (Å²) in [5.74, 6) is 1.87. The van der Waals surface area contributed by atoms with Crippen molar-refractivity contribution in [3.63, 3.8) is 0 Å². The van der Waals surface area contributed by atoms with Gasteiger partial charge in [0, 0.05) is 19.1 Å². The van der Waals surface area contributed by atoms with E-state index in [9.17, 15) is 0 Å². The van der Waals surface area contributed by atoms with Crippen molar-refractivity contribution in [2.24, 2.45) is 5.92 Å². The molecule has 4 rings (SSSR count). The SMILES string of the molecule is CCOc1cccc(CNC2CN3CCC2CC3)c1.Cl.Cl. The molecular weight excluding hydrogens is 307 g/mol. The highest BCUT2D eigenvalue weighted by Gasteiger charge is 2.33. The van der Waals surface area contributed by atoms with Gasteiger partial charge in [0.15, 0.2) is 0 Å². The van der Waals surface area contributed by atoms with E-state index in [1.807, 2.05) is 13.0 Å². The summed E-state index contributed by atoms with van der Waals surface area (Å²) in [5, 5.41) is 3.74. The molecule has 0 aromatic heterocycles. The van der Waals surface area contributed by atoms with Crippen LogP contribution in [0.25, 0.3) is 0 Å². The van der Waals surface area contributed by atoms with Gasteiger partial charge < -0.3 is 15.0 Å². The number of fused-ring (bicyclic) bond motifs is 3. The highest BCUT2D eigenvalue weighted by molar-refractivity contribution is 5.85. The molecule has 3 aliphatic rings. The largest absolute Gasteiger partial charge is 0.494 e. The molecule has 21 heavy (non-hydrogen) atoms. The number of rotatable bonds is 5. The molecule has 3 heterocycles. The molecule has 1 aromatic carbocycles. The highest BCUT2D eigenvalue weighted by atomic mass is 35.5. The first-order valence-electron chi connectivity index (χ1n) is 7.52. The van der Waals surface area contributed by atoms with Crippen molar-refractivity contribution in [3.05, 3.63) is 29.8 Å². The summed E-state index contributed by atoms with van der Waals surface area (Å²) in [6.45, 7) is 7.56. The number of piperidine rings is 3. The van der Waals surface area contributed by atoms with Crippen LogP contribution in [-0.4, -0.2) is 37.2 Å². The number of nitrogens with zero attached hydrogens (tertiary/aromatic N) is 1. The van der Waals surface area contributed by atoms with Gasteiger partial charge in [0.2, 0.25) is 0 Å². The van der Waals surface area contributed by atoms with Gasteiger partial charge in [-0.2, -0.15) is 0 Å². The van der Waals surface area contributed by atoms with Crippen molar-refractivity contribution in [1.82, 2.24) is 10.2 Å². The molecule has 5 heteroatoms. The van der Waals surface area contributed by atoms with E-state index in [0.717, 1.165) is 24.8 Å². The second-order valence-corrected chi connectivity index (χ2v) is 5.71. The van der Waals surface area contributed by atoms with Crippen molar-refractivity contribution in [2.75, 3.05) is 26.2 Å². The Bertz CT molecular complexity index is 422. The van der Waals surface area contributed by atoms with E-state index in [0.29, 0.717) is 6.04 Å². The molecule has 120 valence electrons. The summed E-state index contributed by atoms with van der Waals surface area (Å²) in [6.07, 6.45) is 2.74. The first-order chi connectivity index (χ1) is 9.35. The molecule has 3 aliphatic heterocycles. The number of benzene rings is 1. The second kappa shape index (κ2) is 8.84. The number of nitrogens with one attached hydrogen (secondary N) is 1. The lowest BCUT2D eigenvalue weighted by molar-refractivity contribution is 0.0720. The molecule has 3 nitrogen and oxygen atoms in total. The van der Waals surface area contributed by atoms with Gasteiger partial charge in [0.05, 0.1) is 6.61 Å². The average molecular weight is 333 g/mol. The molecule has 0 radical (unpaired) electrons. The Morgan fingerprint density at radius 2 is 2.00 bits per heavy atom. The third-order valence-electron chi connectivity index (χ3n) is 4.43. The van der Waals surface area contributed by atoms with Gasteiger partial charge >= 0.3 is 0 Å². The number of hydrogen-bond donors (Lipinski definition) is 1. The number of hydrogen-bond acceptors (Lipinski definition) is 3. The summed E-state index contributed by atoms with van der Waals surface area (Å²) in [4.78, 5) is 2.59. The van der Waals surface area contributed by atoms with Gasteiger partial charge in [-0.1, -0.05) is 12.1 Å². The van der Waals surface area contributed by atoms with Gasteiger partial charge in [-0.05, 0) is 56.5 Å². The number of ether oxygens (including phenoxy) is 1. The summed E-state index contributed by atoms with van der Waals surface area (Å²) in [5.41, 5.74) is 1.32.